The van der Waals surface area contributed by atoms with E-state index in [1.807, 2.05) is 44.2 Å². The molecule has 1 saturated heterocycles. The van der Waals surface area contributed by atoms with Crippen molar-refractivity contribution in [2.24, 2.45) is 0 Å². The third-order valence-corrected chi connectivity index (χ3v) is 3.08. The van der Waals surface area contributed by atoms with Crippen LogP contribution < -0.4 is 5.32 Å². The quantitative estimate of drug-likeness (QED) is 0.862. The normalized spacial score (nSPS) is 20.9. The van der Waals surface area contributed by atoms with Crippen LogP contribution in [-0.4, -0.2) is 23.7 Å². The Morgan fingerprint density at radius 1 is 1.40 bits per heavy atom. The molecule has 1 atom stereocenters. The molecule has 0 aliphatic carbocycles. The van der Waals surface area contributed by atoms with Crippen molar-refractivity contribution in [2.45, 2.75) is 44.9 Å². The first-order valence-electron chi connectivity index (χ1n) is 6.64. The predicted molar refractivity (Wildman–Crippen MR) is 73.0 cm³/mol. The van der Waals surface area contributed by atoms with E-state index in [0.29, 0.717) is 6.42 Å². The van der Waals surface area contributed by atoms with Crippen LogP contribution in [0, 0.1) is 0 Å². The first-order valence-corrected chi connectivity index (χ1v) is 6.64. The van der Waals surface area contributed by atoms with Crippen molar-refractivity contribution < 1.29 is 19.1 Å². The minimum absolute atomic E-state index is 0.184. The molecule has 1 heterocycles. The van der Waals surface area contributed by atoms with Crippen LogP contribution in [0.1, 0.15) is 32.3 Å². The number of carbonyl (C=O) groups is 2. The summed E-state index contributed by atoms with van der Waals surface area (Å²) < 4.78 is 10.3. The van der Waals surface area contributed by atoms with Gasteiger partial charge in [-0.3, -0.25) is 4.79 Å². The van der Waals surface area contributed by atoms with Gasteiger partial charge in [0.1, 0.15) is 12.2 Å². The largest absolute Gasteiger partial charge is 0.460 e. The smallest absolute Gasteiger partial charge is 0.407 e. The van der Waals surface area contributed by atoms with Gasteiger partial charge in [0.25, 0.3) is 0 Å². The number of benzene rings is 1. The second kappa shape index (κ2) is 5.94. The molecule has 0 saturated carbocycles. The Labute approximate surface area is 118 Å². The van der Waals surface area contributed by atoms with Gasteiger partial charge < -0.3 is 14.8 Å². The lowest BCUT2D eigenvalue weighted by atomic mass is 9.94. The van der Waals surface area contributed by atoms with Gasteiger partial charge >= 0.3 is 12.1 Å². The van der Waals surface area contributed by atoms with Gasteiger partial charge in [0.05, 0.1) is 6.42 Å². The Bertz CT molecular complexity index is 484. The van der Waals surface area contributed by atoms with Crippen molar-refractivity contribution in [3.63, 3.8) is 0 Å². The standard InChI is InChI=1S/C15H19NO4/c1-15(2)9-12(8-13(17)20-15)16-14(18)19-10-11-6-4-3-5-7-11/h3-7,12H,8-10H2,1-2H3,(H,16,18)/t12-/m1/s1. The summed E-state index contributed by atoms with van der Waals surface area (Å²) in [5.41, 5.74) is 0.373. The molecule has 1 aliphatic rings. The lowest BCUT2D eigenvalue weighted by Crippen LogP contribution is -2.47. The van der Waals surface area contributed by atoms with Gasteiger partial charge in [0, 0.05) is 12.5 Å². The van der Waals surface area contributed by atoms with Crippen molar-refractivity contribution in [1.82, 2.24) is 5.32 Å². The maximum atomic E-state index is 11.7. The molecular formula is C15H19NO4. The van der Waals surface area contributed by atoms with E-state index < -0.39 is 11.7 Å². The number of ether oxygens (including phenoxy) is 2. The molecule has 1 fully saturated rings. The van der Waals surface area contributed by atoms with Gasteiger partial charge in [0.2, 0.25) is 0 Å². The van der Waals surface area contributed by atoms with Crippen LogP contribution in [-0.2, 0) is 20.9 Å². The fraction of sp³-hybridized carbons (Fsp3) is 0.467. The number of carbonyl (C=O) groups excluding carboxylic acids is 2. The molecule has 1 N–H and O–H groups in total. The summed E-state index contributed by atoms with van der Waals surface area (Å²) in [6.45, 7) is 3.87. The summed E-state index contributed by atoms with van der Waals surface area (Å²) in [7, 11) is 0. The second-order valence-electron chi connectivity index (χ2n) is 5.55. The highest BCUT2D eigenvalue weighted by Gasteiger charge is 2.35. The number of rotatable bonds is 3. The van der Waals surface area contributed by atoms with Crippen LogP contribution in [0.3, 0.4) is 0 Å². The first kappa shape index (κ1) is 14.4. The number of cyclic esters (lactones) is 1. The predicted octanol–water partition coefficient (Wildman–Crippen LogP) is 2.40. The van der Waals surface area contributed by atoms with E-state index in [-0.39, 0.29) is 25.0 Å². The molecule has 1 aliphatic heterocycles. The molecule has 20 heavy (non-hydrogen) atoms. The van der Waals surface area contributed by atoms with Gasteiger partial charge in [-0.05, 0) is 19.4 Å². The number of hydrogen-bond acceptors (Lipinski definition) is 4. The topological polar surface area (TPSA) is 64.6 Å². The van der Waals surface area contributed by atoms with Gasteiger partial charge in [-0.25, -0.2) is 4.79 Å². The van der Waals surface area contributed by atoms with Crippen molar-refractivity contribution in [3.05, 3.63) is 35.9 Å². The maximum Gasteiger partial charge on any atom is 0.407 e. The Hall–Kier alpha value is -2.04. The van der Waals surface area contributed by atoms with E-state index in [2.05, 4.69) is 5.32 Å². The Balaban J connectivity index is 1.81. The van der Waals surface area contributed by atoms with E-state index in [1.54, 1.807) is 0 Å². The Kier molecular flexibility index (Phi) is 4.27. The van der Waals surface area contributed by atoms with E-state index in [0.717, 1.165) is 5.56 Å². The molecule has 1 aromatic rings. The number of esters is 1. The number of hydrogen-bond donors (Lipinski definition) is 1. The van der Waals surface area contributed by atoms with Crippen LogP contribution >= 0.6 is 0 Å². The zero-order chi connectivity index (χ0) is 14.6. The van der Waals surface area contributed by atoms with Crippen LogP contribution in [0.4, 0.5) is 4.79 Å². The molecule has 0 aromatic heterocycles. The summed E-state index contributed by atoms with van der Waals surface area (Å²) >= 11 is 0. The van der Waals surface area contributed by atoms with Gasteiger partial charge in [0.15, 0.2) is 0 Å². The summed E-state index contributed by atoms with van der Waals surface area (Å²) in [5, 5.41) is 2.71. The molecule has 1 aromatic carbocycles. The second-order valence-corrected chi connectivity index (χ2v) is 5.55. The van der Waals surface area contributed by atoms with Crippen LogP contribution in [0.15, 0.2) is 30.3 Å². The van der Waals surface area contributed by atoms with Crippen molar-refractivity contribution in [3.8, 4) is 0 Å². The minimum atomic E-state index is -0.549. The molecule has 0 bridgehead atoms. The first-order chi connectivity index (χ1) is 9.44. The van der Waals surface area contributed by atoms with Crippen molar-refractivity contribution in [1.29, 1.82) is 0 Å². The highest BCUT2D eigenvalue weighted by atomic mass is 16.6. The van der Waals surface area contributed by atoms with Gasteiger partial charge in [-0.15, -0.1) is 0 Å². The van der Waals surface area contributed by atoms with E-state index >= 15 is 0 Å². The van der Waals surface area contributed by atoms with E-state index in [4.69, 9.17) is 9.47 Å². The van der Waals surface area contributed by atoms with Crippen molar-refractivity contribution >= 4 is 12.1 Å². The molecular weight excluding hydrogens is 258 g/mol. The lowest BCUT2D eigenvalue weighted by molar-refractivity contribution is -0.164. The molecule has 1 amide bonds. The van der Waals surface area contributed by atoms with Crippen molar-refractivity contribution in [2.75, 3.05) is 0 Å². The molecule has 0 radical (unpaired) electrons. The van der Waals surface area contributed by atoms with Crippen LogP contribution in [0.2, 0.25) is 0 Å². The maximum absolute atomic E-state index is 11.7. The number of nitrogens with one attached hydrogen (secondary N) is 1. The van der Waals surface area contributed by atoms with Crippen LogP contribution in [0.5, 0.6) is 0 Å². The third kappa shape index (κ3) is 4.26. The van der Waals surface area contributed by atoms with E-state index in [9.17, 15) is 9.59 Å². The van der Waals surface area contributed by atoms with Crippen LogP contribution in [0.25, 0.3) is 0 Å². The highest BCUT2D eigenvalue weighted by molar-refractivity contribution is 5.74. The fourth-order valence-corrected chi connectivity index (χ4v) is 2.29. The van der Waals surface area contributed by atoms with E-state index in [1.165, 1.54) is 0 Å². The summed E-state index contributed by atoms with van der Waals surface area (Å²) in [5.74, 6) is -0.297. The molecule has 2 rings (SSSR count). The zero-order valence-electron chi connectivity index (χ0n) is 11.7. The lowest BCUT2D eigenvalue weighted by Gasteiger charge is -2.34. The Morgan fingerprint density at radius 3 is 2.75 bits per heavy atom. The highest BCUT2D eigenvalue weighted by Crippen LogP contribution is 2.24. The number of alkyl carbamates (subject to hydrolysis) is 1. The SMILES string of the molecule is CC1(C)C[C@H](NC(=O)OCc2ccccc2)CC(=O)O1. The average molecular weight is 277 g/mol. The fourth-order valence-electron chi connectivity index (χ4n) is 2.29. The summed E-state index contributed by atoms with van der Waals surface area (Å²) in [4.78, 5) is 23.2. The van der Waals surface area contributed by atoms with Gasteiger partial charge in [-0.1, -0.05) is 30.3 Å². The molecule has 108 valence electrons. The zero-order valence-corrected chi connectivity index (χ0v) is 11.7. The molecule has 0 spiro atoms. The molecule has 5 heteroatoms. The molecule has 5 nitrogen and oxygen atoms in total. The molecule has 0 unspecified atom stereocenters. The third-order valence-electron chi connectivity index (χ3n) is 3.08. The summed E-state index contributed by atoms with van der Waals surface area (Å²) in [6, 6.07) is 9.20. The van der Waals surface area contributed by atoms with Gasteiger partial charge in [-0.2, -0.15) is 0 Å². The summed E-state index contributed by atoms with van der Waals surface area (Å²) in [6.07, 6.45) is 0.257. The Morgan fingerprint density at radius 2 is 2.10 bits per heavy atom. The average Bonchev–Trinajstić information content (AvgIpc) is 2.35. The monoisotopic (exact) mass is 277 g/mol. The number of amides is 1. The minimum Gasteiger partial charge on any atom is -0.460 e.